The molecule has 0 radical (unpaired) electrons. The summed E-state index contributed by atoms with van der Waals surface area (Å²) in [7, 11) is 0. The maximum absolute atomic E-state index is 9.46. The van der Waals surface area contributed by atoms with Gasteiger partial charge in [-0.05, 0) is 42.5 Å². The van der Waals surface area contributed by atoms with Gasteiger partial charge < -0.3 is 10.8 Å². The van der Waals surface area contributed by atoms with Crippen molar-refractivity contribution in [2.24, 2.45) is 0 Å². The fraction of sp³-hybridized carbons (Fsp3) is 0. The normalized spacial score (nSPS) is 10.3. The minimum absolute atomic E-state index is 0.110. The second kappa shape index (κ2) is 4.68. The average molecular weight is 252 g/mol. The Morgan fingerprint density at radius 3 is 2.25 bits per heavy atom. The quantitative estimate of drug-likeness (QED) is 0.631. The lowest BCUT2D eigenvalue weighted by Crippen LogP contribution is -1.84. The van der Waals surface area contributed by atoms with E-state index < -0.39 is 0 Å². The number of phenols is 1. The van der Waals surface area contributed by atoms with Gasteiger partial charge in [0.05, 0.1) is 5.69 Å². The topological polar surface area (TPSA) is 46.2 Å². The Balaban J connectivity index is 2.20. The molecule has 0 spiro atoms. The summed E-state index contributed by atoms with van der Waals surface area (Å²) < 4.78 is 0. The van der Waals surface area contributed by atoms with Crippen molar-refractivity contribution in [2.75, 3.05) is 5.73 Å². The molecule has 0 aliphatic rings. The Labute approximate surface area is 103 Å². The van der Waals surface area contributed by atoms with Crippen LogP contribution in [0.5, 0.6) is 5.75 Å². The van der Waals surface area contributed by atoms with E-state index in [9.17, 15) is 5.11 Å². The summed E-state index contributed by atoms with van der Waals surface area (Å²) in [5.74, 6) is 0.110. The van der Waals surface area contributed by atoms with Crippen molar-refractivity contribution < 1.29 is 5.11 Å². The maximum atomic E-state index is 9.46. The molecule has 4 heteroatoms. The lowest BCUT2D eigenvalue weighted by molar-refractivity contribution is 0.476. The van der Waals surface area contributed by atoms with E-state index in [1.807, 2.05) is 30.3 Å². The summed E-state index contributed by atoms with van der Waals surface area (Å²) >= 11 is 7.34. The number of nitrogen functional groups attached to an aromatic ring is 1. The number of nitrogens with two attached hydrogens (primary N) is 1. The van der Waals surface area contributed by atoms with Crippen LogP contribution in [0.25, 0.3) is 0 Å². The first-order valence-corrected chi connectivity index (χ1v) is 5.86. The molecule has 0 fully saturated rings. The van der Waals surface area contributed by atoms with Crippen molar-refractivity contribution in [1.82, 2.24) is 0 Å². The monoisotopic (exact) mass is 251 g/mol. The molecule has 0 atom stereocenters. The van der Waals surface area contributed by atoms with Crippen LogP contribution < -0.4 is 5.73 Å². The molecular formula is C12H10ClNOS. The van der Waals surface area contributed by atoms with Crippen LogP contribution in [-0.4, -0.2) is 5.11 Å². The number of benzene rings is 2. The highest BCUT2D eigenvalue weighted by Crippen LogP contribution is 2.32. The highest BCUT2D eigenvalue weighted by Gasteiger charge is 2.01. The first kappa shape index (κ1) is 11.2. The van der Waals surface area contributed by atoms with Crippen molar-refractivity contribution in [3.63, 3.8) is 0 Å². The fourth-order valence-electron chi connectivity index (χ4n) is 1.23. The lowest BCUT2D eigenvalue weighted by atomic mass is 10.3. The van der Waals surface area contributed by atoms with E-state index in [1.54, 1.807) is 23.9 Å². The molecule has 82 valence electrons. The molecule has 2 rings (SSSR count). The predicted molar refractivity (Wildman–Crippen MR) is 68.1 cm³/mol. The Bertz CT molecular complexity index is 499. The zero-order valence-electron chi connectivity index (χ0n) is 8.35. The molecule has 0 amide bonds. The van der Waals surface area contributed by atoms with Crippen molar-refractivity contribution in [2.45, 2.75) is 9.79 Å². The second-order valence-electron chi connectivity index (χ2n) is 3.28. The number of aromatic hydroxyl groups is 1. The van der Waals surface area contributed by atoms with E-state index in [4.69, 9.17) is 17.3 Å². The van der Waals surface area contributed by atoms with Gasteiger partial charge in [0.1, 0.15) is 5.75 Å². The SMILES string of the molecule is Nc1ccc(Sc2ccc(Cl)cc2)cc1O. The average Bonchev–Trinajstić information content (AvgIpc) is 2.27. The van der Waals surface area contributed by atoms with E-state index in [2.05, 4.69) is 0 Å². The molecule has 0 unspecified atom stereocenters. The first-order chi connectivity index (χ1) is 7.65. The number of anilines is 1. The number of phenolic OH excluding ortho intramolecular Hbond substituents is 1. The summed E-state index contributed by atoms with van der Waals surface area (Å²) in [6.45, 7) is 0. The molecule has 2 aromatic rings. The number of hydrogen-bond acceptors (Lipinski definition) is 3. The molecular weight excluding hydrogens is 242 g/mol. The minimum Gasteiger partial charge on any atom is -0.506 e. The molecule has 0 aliphatic carbocycles. The predicted octanol–water partition coefficient (Wildman–Crippen LogP) is 3.78. The molecule has 0 heterocycles. The number of hydrogen-bond donors (Lipinski definition) is 2. The third-order valence-electron chi connectivity index (χ3n) is 2.05. The summed E-state index contributed by atoms with van der Waals surface area (Å²) in [6, 6.07) is 12.7. The van der Waals surface area contributed by atoms with Crippen LogP contribution >= 0.6 is 23.4 Å². The Morgan fingerprint density at radius 1 is 1.00 bits per heavy atom. The Kier molecular flexibility index (Phi) is 3.27. The minimum atomic E-state index is 0.110. The van der Waals surface area contributed by atoms with E-state index in [1.165, 1.54) is 0 Å². The standard InChI is InChI=1S/C12H10ClNOS/c13-8-1-3-9(4-2-8)16-10-5-6-11(14)12(15)7-10/h1-7,15H,14H2. The van der Waals surface area contributed by atoms with E-state index in [0.717, 1.165) is 9.79 Å². The van der Waals surface area contributed by atoms with Crippen molar-refractivity contribution >= 4 is 29.1 Å². The number of rotatable bonds is 2. The van der Waals surface area contributed by atoms with Crippen LogP contribution in [0.4, 0.5) is 5.69 Å². The van der Waals surface area contributed by atoms with Gasteiger partial charge in [-0.25, -0.2) is 0 Å². The van der Waals surface area contributed by atoms with E-state index in [0.29, 0.717) is 10.7 Å². The molecule has 16 heavy (non-hydrogen) atoms. The van der Waals surface area contributed by atoms with Gasteiger partial charge in [-0.1, -0.05) is 23.4 Å². The van der Waals surface area contributed by atoms with Gasteiger partial charge in [-0.2, -0.15) is 0 Å². The van der Waals surface area contributed by atoms with Crippen molar-refractivity contribution in [3.05, 3.63) is 47.5 Å². The zero-order valence-corrected chi connectivity index (χ0v) is 9.92. The molecule has 2 nitrogen and oxygen atoms in total. The van der Waals surface area contributed by atoms with Crippen LogP contribution in [-0.2, 0) is 0 Å². The smallest absolute Gasteiger partial charge is 0.139 e. The first-order valence-electron chi connectivity index (χ1n) is 4.67. The summed E-state index contributed by atoms with van der Waals surface area (Å²) in [6.07, 6.45) is 0. The van der Waals surface area contributed by atoms with Crippen LogP contribution in [0.15, 0.2) is 52.3 Å². The molecule has 0 saturated heterocycles. The van der Waals surface area contributed by atoms with Crippen LogP contribution in [0.1, 0.15) is 0 Å². The second-order valence-corrected chi connectivity index (χ2v) is 4.86. The van der Waals surface area contributed by atoms with Gasteiger partial charge in [0.15, 0.2) is 0 Å². The molecule has 0 bridgehead atoms. The summed E-state index contributed by atoms with van der Waals surface area (Å²) in [4.78, 5) is 2.00. The van der Waals surface area contributed by atoms with Crippen LogP contribution in [0.2, 0.25) is 5.02 Å². The Hall–Kier alpha value is -1.32. The lowest BCUT2D eigenvalue weighted by Gasteiger charge is -2.04. The molecule has 0 aromatic heterocycles. The van der Waals surface area contributed by atoms with Crippen molar-refractivity contribution in [3.8, 4) is 5.75 Å². The summed E-state index contributed by atoms with van der Waals surface area (Å²) in [5, 5.41) is 10.2. The Morgan fingerprint density at radius 2 is 1.62 bits per heavy atom. The van der Waals surface area contributed by atoms with Gasteiger partial charge >= 0.3 is 0 Å². The van der Waals surface area contributed by atoms with Gasteiger partial charge in [-0.3, -0.25) is 0 Å². The summed E-state index contributed by atoms with van der Waals surface area (Å²) in [5.41, 5.74) is 5.91. The van der Waals surface area contributed by atoms with E-state index >= 15 is 0 Å². The molecule has 0 saturated carbocycles. The number of halogens is 1. The van der Waals surface area contributed by atoms with Gasteiger partial charge in [-0.15, -0.1) is 0 Å². The molecule has 2 aromatic carbocycles. The highest BCUT2D eigenvalue weighted by molar-refractivity contribution is 7.99. The maximum Gasteiger partial charge on any atom is 0.139 e. The molecule has 3 N–H and O–H groups in total. The third-order valence-corrected chi connectivity index (χ3v) is 3.30. The van der Waals surface area contributed by atoms with Gasteiger partial charge in [0.2, 0.25) is 0 Å². The van der Waals surface area contributed by atoms with Crippen molar-refractivity contribution in [1.29, 1.82) is 0 Å². The van der Waals surface area contributed by atoms with Gasteiger partial charge in [0, 0.05) is 14.8 Å². The van der Waals surface area contributed by atoms with Crippen LogP contribution in [0.3, 0.4) is 0 Å². The van der Waals surface area contributed by atoms with Crippen LogP contribution in [0, 0.1) is 0 Å². The zero-order chi connectivity index (χ0) is 11.5. The third kappa shape index (κ3) is 2.62. The van der Waals surface area contributed by atoms with E-state index in [-0.39, 0.29) is 5.75 Å². The highest BCUT2D eigenvalue weighted by atomic mass is 35.5. The largest absolute Gasteiger partial charge is 0.506 e. The fourth-order valence-corrected chi connectivity index (χ4v) is 2.20. The molecule has 0 aliphatic heterocycles. The van der Waals surface area contributed by atoms with Gasteiger partial charge in [0.25, 0.3) is 0 Å².